The number of benzene rings is 1. The molecule has 0 spiro atoms. The molecule has 0 bridgehead atoms. The number of anilines is 1. The summed E-state index contributed by atoms with van der Waals surface area (Å²) in [4.78, 5) is 12.3. The van der Waals surface area contributed by atoms with E-state index in [-0.39, 0.29) is 12.3 Å². The number of rotatable bonds is 5. The highest BCUT2D eigenvalue weighted by Gasteiger charge is 2.31. The number of amides is 1. The van der Waals surface area contributed by atoms with Gasteiger partial charge in [-0.25, -0.2) is 0 Å². The van der Waals surface area contributed by atoms with Gasteiger partial charge >= 0.3 is 0 Å². The van der Waals surface area contributed by atoms with E-state index in [4.69, 9.17) is 0 Å². The standard InChI is InChI=1S/C20H27N3O2/c1-15-11-16(2)23(22-15)14-17-7-6-8-18(12-17)21-19(24)13-20(25)9-4-3-5-10-20/h6-8,11-12,25H,3-5,9-10,13-14H2,1-2H3,(H,21,24). The number of carbonyl (C=O) groups is 1. The van der Waals surface area contributed by atoms with Gasteiger partial charge in [0.2, 0.25) is 5.91 Å². The van der Waals surface area contributed by atoms with Crippen molar-refractivity contribution in [1.82, 2.24) is 9.78 Å². The van der Waals surface area contributed by atoms with Gasteiger partial charge in [-0.2, -0.15) is 5.10 Å². The first-order valence-corrected chi connectivity index (χ1v) is 9.06. The SMILES string of the molecule is Cc1cc(C)n(Cc2cccc(NC(=O)CC3(O)CCCCC3)c2)n1. The Morgan fingerprint density at radius 3 is 2.68 bits per heavy atom. The molecule has 1 aromatic heterocycles. The van der Waals surface area contributed by atoms with Crippen molar-refractivity contribution in [2.45, 2.75) is 64.5 Å². The Kier molecular flexibility index (Phi) is 5.23. The number of hydrogen-bond acceptors (Lipinski definition) is 3. The van der Waals surface area contributed by atoms with Crippen LogP contribution in [-0.4, -0.2) is 26.4 Å². The Morgan fingerprint density at radius 1 is 1.24 bits per heavy atom. The van der Waals surface area contributed by atoms with Gasteiger partial charge in [-0.15, -0.1) is 0 Å². The first-order valence-electron chi connectivity index (χ1n) is 9.06. The molecular formula is C20H27N3O2. The molecule has 1 fully saturated rings. The maximum absolute atomic E-state index is 12.3. The van der Waals surface area contributed by atoms with E-state index in [0.717, 1.165) is 54.7 Å². The molecule has 0 saturated heterocycles. The lowest BCUT2D eigenvalue weighted by Gasteiger charge is -2.31. The molecule has 0 radical (unpaired) electrons. The van der Waals surface area contributed by atoms with Crippen LogP contribution in [0.2, 0.25) is 0 Å². The molecule has 1 heterocycles. The van der Waals surface area contributed by atoms with Crippen molar-refractivity contribution in [2.75, 3.05) is 5.32 Å². The number of aryl methyl sites for hydroxylation is 2. The van der Waals surface area contributed by atoms with E-state index in [1.807, 2.05) is 42.8 Å². The van der Waals surface area contributed by atoms with Crippen molar-refractivity contribution in [1.29, 1.82) is 0 Å². The molecular weight excluding hydrogens is 314 g/mol. The summed E-state index contributed by atoms with van der Waals surface area (Å²) < 4.78 is 1.96. The lowest BCUT2D eigenvalue weighted by Crippen LogP contribution is -2.35. The second-order valence-electron chi connectivity index (χ2n) is 7.30. The Morgan fingerprint density at radius 2 is 2.00 bits per heavy atom. The lowest BCUT2D eigenvalue weighted by atomic mass is 9.82. The minimum atomic E-state index is -0.830. The summed E-state index contributed by atoms with van der Waals surface area (Å²) in [6.45, 7) is 4.69. The zero-order valence-corrected chi connectivity index (χ0v) is 15.1. The van der Waals surface area contributed by atoms with E-state index in [2.05, 4.69) is 16.5 Å². The van der Waals surface area contributed by atoms with Gasteiger partial charge < -0.3 is 10.4 Å². The minimum absolute atomic E-state index is 0.118. The molecule has 3 rings (SSSR count). The zero-order valence-electron chi connectivity index (χ0n) is 15.1. The lowest BCUT2D eigenvalue weighted by molar-refractivity contribution is -0.122. The van der Waals surface area contributed by atoms with Gasteiger partial charge in [0.15, 0.2) is 0 Å². The van der Waals surface area contributed by atoms with Crippen LogP contribution >= 0.6 is 0 Å². The van der Waals surface area contributed by atoms with Gasteiger partial charge in [0.1, 0.15) is 0 Å². The molecule has 134 valence electrons. The number of nitrogens with zero attached hydrogens (tertiary/aromatic N) is 2. The number of hydrogen-bond donors (Lipinski definition) is 2. The molecule has 25 heavy (non-hydrogen) atoms. The second kappa shape index (κ2) is 7.40. The van der Waals surface area contributed by atoms with Crippen molar-refractivity contribution < 1.29 is 9.90 Å². The molecule has 5 heteroatoms. The zero-order chi connectivity index (χ0) is 17.9. The van der Waals surface area contributed by atoms with E-state index in [0.29, 0.717) is 6.54 Å². The van der Waals surface area contributed by atoms with Crippen LogP contribution in [-0.2, 0) is 11.3 Å². The van der Waals surface area contributed by atoms with E-state index in [1.165, 1.54) is 0 Å². The van der Waals surface area contributed by atoms with Gasteiger partial charge in [-0.1, -0.05) is 31.4 Å². The highest BCUT2D eigenvalue weighted by Crippen LogP contribution is 2.31. The molecule has 0 atom stereocenters. The Balaban J connectivity index is 1.63. The average Bonchev–Trinajstić information content (AvgIpc) is 2.85. The third-order valence-corrected chi connectivity index (χ3v) is 4.92. The molecule has 2 aromatic rings. The van der Waals surface area contributed by atoms with Crippen molar-refractivity contribution in [3.05, 3.63) is 47.3 Å². The fourth-order valence-corrected chi connectivity index (χ4v) is 3.65. The highest BCUT2D eigenvalue weighted by atomic mass is 16.3. The van der Waals surface area contributed by atoms with Gasteiger partial charge in [0, 0.05) is 11.4 Å². The van der Waals surface area contributed by atoms with Gasteiger partial charge in [0.05, 0.1) is 24.3 Å². The van der Waals surface area contributed by atoms with Crippen LogP contribution in [0.25, 0.3) is 0 Å². The van der Waals surface area contributed by atoms with Gasteiger partial charge in [-0.3, -0.25) is 9.48 Å². The topological polar surface area (TPSA) is 67.2 Å². The van der Waals surface area contributed by atoms with Crippen LogP contribution in [0, 0.1) is 13.8 Å². The molecule has 1 aromatic carbocycles. The first-order chi connectivity index (χ1) is 11.9. The number of carbonyl (C=O) groups excluding carboxylic acids is 1. The Bertz CT molecular complexity index is 745. The summed E-state index contributed by atoms with van der Waals surface area (Å²) in [6, 6.07) is 9.87. The van der Waals surface area contributed by atoms with Crippen LogP contribution in [0.4, 0.5) is 5.69 Å². The second-order valence-corrected chi connectivity index (χ2v) is 7.30. The van der Waals surface area contributed by atoms with E-state index in [1.54, 1.807) is 0 Å². The predicted octanol–water partition coefficient (Wildman–Crippen LogP) is 3.57. The number of nitrogens with one attached hydrogen (secondary N) is 1. The quantitative estimate of drug-likeness (QED) is 0.873. The molecule has 0 unspecified atom stereocenters. The largest absolute Gasteiger partial charge is 0.389 e. The van der Waals surface area contributed by atoms with E-state index < -0.39 is 5.60 Å². The first kappa shape index (κ1) is 17.7. The van der Waals surface area contributed by atoms with Gasteiger partial charge in [0.25, 0.3) is 0 Å². The maximum atomic E-state index is 12.3. The smallest absolute Gasteiger partial charge is 0.227 e. The minimum Gasteiger partial charge on any atom is -0.389 e. The fraction of sp³-hybridized carbons (Fsp3) is 0.500. The molecule has 1 amide bonds. The van der Waals surface area contributed by atoms with Crippen molar-refractivity contribution >= 4 is 11.6 Å². The molecule has 5 nitrogen and oxygen atoms in total. The summed E-state index contributed by atoms with van der Waals surface area (Å²) in [7, 11) is 0. The average molecular weight is 341 g/mol. The monoisotopic (exact) mass is 341 g/mol. The van der Waals surface area contributed by atoms with Crippen molar-refractivity contribution in [3.63, 3.8) is 0 Å². The summed E-state index contributed by atoms with van der Waals surface area (Å²) >= 11 is 0. The summed E-state index contributed by atoms with van der Waals surface area (Å²) in [5.74, 6) is -0.118. The van der Waals surface area contributed by atoms with E-state index >= 15 is 0 Å². The highest BCUT2D eigenvalue weighted by molar-refractivity contribution is 5.91. The molecule has 0 aliphatic heterocycles. The molecule has 1 aliphatic rings. The van der Waals surface area contributed by atoms with Crippen LogP contribution in [0.3, 0.4) is 0 Å². The van der Waals surface area contributed by atoms with Crippen LogP contribution < -0.4 is 5.32 Å². The normalized spacial score (nSPS) is 16.6. The summed E-state index contributed by atoms with van der Waals surface area (Å²) in [5.41, 5.74) is 3.14. The van der Waals surface area contributed by atoms with Crippen LogP contribution in [0.5, 0.6) is 0 Å². The summed E-state index contributed by atoms with van der Waals surface area (Å²) in [6.07, 6.45) is 4.77. The fourth-order valence-electron chi connectivity index (χ4n) is 3.65. The summed E-state index contributed by atoms with van der Waals surface area (Å²) in [5, 5.41) is 17.9. The molecule has 1 aliphatic carbocycles. The molecule has 1 saturated carbocycles. The third kappa shape index (κ3) is 4.69. The Labute approximate surface area is 149 Å². The third-order valence-electron chi connectivity index (χ3n) is 4.92. The molecule has 2 N–H and O–H groups in total. The van der Waals surface area contributed by atoms with Crippen LogP contribution in [0.15, 0.2) is 30.3 Å². The Hall–Kier alpha value is -2.14. The van der Waals surface area contributed by atoms with Gasteiger partial charge in [-0.05, 0) is 50.5 Å². The predicted molar refractivity (Wildman–Crippen MR) is 98.5 cm³/mol. The maximum Gasteiger partial charge on any atom is 0.227 e. The van der Waals surface area contributed by atoms with Crippen LogP contribution in [0.1, 0.15) is 55.5 Å². The number of aromatic nitrogens is 2. The number of aliphatic hydroxyl groups is 1. The van der Waals surface area contributed by atoms with Crippen molar-refractivity contribution in [3.8, 4) is 0 Å². The van der Waals surface area contributed by atoms with E-state index in [9.17, 15) is 9.90 Å². The van der Waals surface area contributed by atoms with Crippen molar-refractivity contribution in [2.24, 2.45) is 0 Å².